The minimum Gasteiger partial charge on any atom is -0.441 e. The van der Waals surface area contributed by atoms with Crippen LogP contribution in [0.3, 0.4) is 0 Å². The monoisotopic (exact) mass is 415 g/mol. The molecule has 0 spiro atoms. The number of hydrogen-bond donors (Lipinski definition) is 0. The minimum absolute atomic E-state index is 0.0720. The van der Waals surface area contributed by atoms with Crippen LogP contribution in [0.5, 0.6) is 0 Å². The van der Waals surface area contributed by atoms with Gasteiger partial charge in [-0.1, -0.05) is 29.9 Å². The Labute approximate surface area is 174 Å². The Kier molecular flexibility index (Phi) is 5.95. The third-order valence-electron chi connectivity index (χ3n) is 5.55. The molecule has 0 N–H and O–H groups in total. The van der Waals surface area contributed by atoms with Crippen molar-refractivity contribution in [3.05, 3.63) is 76.7 Å². The molecule has 0 aliphatic heterocycles. The summed E-state index contributed by atoms with van der Waals surface area (Å²) in [4.78, 5) is 4.36. The summed E-state index contributed by atoms with van der Waals surface area (Å²) in [6.45, 7) is 2.30. The first kappa shape index (κ1) is 20.7. The van der Waals surface area contributed by atoms with E-state index in [1.54, 1.807) is 0 Å². The molecule has 0 amide bonds. The number of oxazole rings is 1. The van der Waals surface area contributed by atoms with Crippen LogP contribution in [0.15, 0.2) is 64.1 Å². The van der Waals surface area contributed by atoms with Gasteiger partial charge in [0.05, 0.1) is 24.0 Å². The maximum Gasteiger partial charge on any atom is 0.416 e. The Morgan fingerprint density at radius 3 is 2.70 bits per heavy atom. The molecule has 1 aromatic carbocycles. The van der Waals surface area contributed by atoms with E-state index in [2.05, 4.69) is 29.3 Å². The molecule has 3 nitrogen and oxygen atoms in total. The summed E-state index contributed by atoms with van der Waals surface area (Å²) in [5.74, 6) is 1.01. The summed E-state index contributed by atoms with van der Waals surface area (Å²) >= 11 is 0. The second kappa shape index (κ2) is 8.64. The number of nitrogens with zero attached hydrogens (tertiary/aromatic N) is 1. The van der Waals surface area contributed by atoms with E-state index in [-0.39, 0.29) is 6.10 Å². The summed E-state index contributed by atoms with van der Waals surface area (Å²) in [5.41, 5.74) is 3.53. The molecule has 6 heteroatoms. The van der Waals surface area contributed by atoms with Gasteiger partial charge in [0.1, 0.15) is 5.76 Å². The fraction of sp³-hybridized carbons (Fsp3) is 0.375. The van der Waals surface area contributed by atoms with Crippen LogP contribution in [-0.2, 0) is 17.3 Å². The van der Waals surface area contributed by atoms with Crippen LogP contribution in [0, 0.1) is 6.92 Å². The van der Waals surface area contributed by atoms with Crippen molar-refractivity contribution < 1.29 is 22.3 Å². The van der Waals surface area contributed by atoms with Gasteiger partial charge in [-0.2, -0.15) is 13.2 Å². The summed E-state index contributed by atoms with van der Waals surface area (Å²) < 4.78 is 50.0. The molecule has 4 rings (SSSR count). The minimum atomic E-state index is -4.36. The molecular weight excluding hydrogens is 391 g/mol. The fourth-order valence-electron chi connectivity index (χ4n) is 3.87. The Hall–Kier alpha value is -2.60. The van der Waals surface area contributed by atoms with Crippen molar-refractivity contribution in [1.82, 2.24) is 4.98 Å². The van der Waals surface area contributed by atoms with Gasteiger partial charge in [-0.15, -0.1) is 0 Å². The molecule has 2 aliphatic rings. The topological polar surface area (TPSA) is 35.3 Å². The first-order chi connectivity index (χ1) is 14.4. The Morgan fingerprint density at radius 1 is 1.13 bits per heavy atom. The summed E-state index contributed by atoms with van der Waals surface area (Å²) in [5, 5.41) is 0. The predicted molar refractivity (Wildman–Crippen MR) is 109 cm³/mol. The standard InChI is InChI=1S/C24H24F3NO2/c1-16-22(30-23(28-16)19-8-11-20(12-9-19)24(25,26)27)14-15-29-21-7-3-6-17-4-2-5-18(17)10-13-21/h3,7-13,21H,2,4-6,14-15H2,1H3/b7-3?,13-10-. The second-order valence-corrected chi connectivity index (χ2v) is 7.66. The molecule has 1 aromatic heterocycles. The first-order valence-electron chi connectivity index (χ1n) is 10.2. The molecule has 1 atom stereocenters. The molecule has 0 saturated heterocycles. The maximum absolute atomic E-state index is 12.7. The van der Waals surface area contributed by atoms with Gasteiger partial charge in [-0.25, -0.2) is 4.98 Å². The molecule has 1 heterocycles. The lowest BCUT2D eigenvalue weighted by molar-refractivity contribution is -0.137. The van der Waals surface area contributed by atoms with Crippen molar-refractivity contribution >= 4 is 0 Å². The lowest BCUT2D eigenvalue weighted by Gasteiger charge is -2.12. The quantitative estimate of drug-likeness (QED) is 0.517. The van der Waals surface area contributed by atoms with Gasteiger partial charge >= 0.3 is 6.18 Å². The van der Waals surface area contributed by atoms with E-state index in [0.717, 1.165) is 30.7 Å². The van der Waals surface area contributed by atoms with Gasteiger partial charge in [0.2, 0.25) is 5.89 Å². The van der Waals surface area contributed by atoms with Crippen molar-refractivity contribution in [3.8, 4) is 11.5 Å². The SMILES string of the molecule is Cc1nc(-c2ccc(C(F)(F)F)cc2)oc1CCOC1C=CCC2=C(/C=C\1)CCC2. The highest BCUT2D eigenvalue weighted by molar-refractivity contribution is 5.54. The van der Waals surface area contributed by atoms with Crippen LogP contribution in [0.1, 0.15) is 42.7 Å². The smallest absolute Gasteiger partial charge is 0.416 e. The largest absolute Gasteiger partial charge is 0.441 e. The molecule has 0 fully saturated rings. The highest BCUT2D eigenvalue weighted by Gasteiger charge is 2.30. The maximum atomic E-state index is 12.7. The third-order valence-corrected chi connectivity index (χ3v) is 5.55. The van der Waals surface area contributed by atoms with Crippen molar-refractivity contribution in [3.63, 3.8) is 0 Å². The van der Waals surface area contributed by atoms with E-state index < -0.39 is 11.7 Å². The van der Waals surface area contributed by atoms with Gasteiger partial charge in [-0.05, 0) is 62.4 Å². The molecule has 2 aliphatic carbocycles. The van der Waals surface area contributed by atoms with E-state index in [1.165, 1.54) is 36.1 Å². The van der Waals surface area contributed by atoms with Gasteiger partial charge in [0.15, 0.2) is 0 Å². The number of halogens is 3. The van der Waals surface area contributed by atoms with E-state index in [0.29, 0.717) is 30.2 Å². The summed E-state index contributed by atoms with van der Waals surface area (Å²) in [6.07, 6.45) is 9.24. The van der Waals surface area contributed by atoms with Crippen LogP contribution in [0.4, 0.5) is 13.2 Å². The zero-order chi connectivity index (χ0) is 21.1. The molecule has 158 valence electrons. The van der Waals surface area contributed by atoms with Crippen molar-refractivity contribution in [2.75, 3.05) is 6.61 Å². The van der Waals surface area contributed by atoms with Crippen LogP contribution in [0.25, 0.3) is 11.5 Å². The number of aryl methyl sites for hydroxylation is 1. The van der Waals surface area contributed by atoms with Crippen LogP contribution in [-0.4, -0.2) is 17.7 Å². The van der Waals surface area contributed by atoms with E-state index >= 15 is 0 Å². The number of alkyl halides is 3. The Morgan fingerprint density at radius 2 is 1.93 bits per heavy atom. The first-order valence-corrected chi connectivity index (χ1v) is 10.2. The van der Waals surface area contributed by atoms with Crippen molar-refractivity contribution in [2.45, 2.75) is 51.3 Å². The number of hydrogen-bond acceptors (Lipinski definition) is 3. The molecule has 0 bridgehead atoms. The Balaban J connectivity index is 1.36. The lowest BCUT2D eigenvalue weighted by Crippen LogP contribution is -2.10. The van der Waals surface area contributed by atoms with Crippen LogP contribution >= 0.6 is 0 Å². The number of rotatable bonds is 5. The normalized spacial score (nSPS) is 20.2. The van der Waals surface area contributed by atoms with Crippen LogP contribution in [0.2, 0.25) is 0 Å². The number of ether oxygens (including phenoxy) is 1. The number of allylic oxidation sites excluding steroid dienone is 4. The van der Waals surface area contributed by atoms with E-state index in [1.807, 2.05) is 6.92 Å². The highest BCUT2D eigenvalue weighted by Crippen LogP contribution is 2.32. The van der Waals surface area contributed by atoms with Gasteiger partial charge in [0.25, 0.3) is 0 Å². The predicted octanol–water partition coefficient (Wildman–Crippen LogP) is 6.59. The molecule has 30 heavy (non-hydrogen) atoms. The Bertz CT molecular complexity index is 981. The van der Waals surface area contributed by atoms with Gasteiger partial charge in [-0.3, -0.25) is 0 Å². The second-order valence-electron chi connectivity index (χ2n) is 7.66. The molecule has 1 unspecified atom stereocenters. The van der Waals surface area contributed by atoms with Crippen molar-refractivity contribution in [2.24, 2.45) is 0 Å². The van der Waals surface area contributed by atoms with E-state index in [4.69, 9.17) is 9.15 Å². The molecule has 0 radical (unpaired) electrons. The fourth-order valence-corrected chi connectivity index (χ4v) is 3.87. The van der Waals surface area contributed by atoms with Crippen LogP contribution < -0.4 is 0 Å². The summed E-state index contributed by atoms with van der Waals surface area (Å²) in [7, 11) is 0. The van der Waals surface area contributed by atoms with Gasteiger partial charge < -0.3 is 9.15 Å². The molecule has 2 aromatic rings. The number of aromatic nitrogens is 1. The van der Waals surface area contributed by atoms with Crippen molar-refractivity contribution in [1.29, 1.82) is 0 Å². The summed E-state index contributed by atoms with van der Waals surface area (Å²) in [6, 6.07) is 4.83. The van der Waals surface area contributed by atoms with E-state index in [9.17, 15) is 13.2 Å². The average Bonchev–Trinajstić information content (AvgIpc) is 3.29. The highest BCUT2D eigenvalue weighted by atomic mass is 19.4. The van der Waals surface area contributed by atoms with Gasteiger partial charge in [0, 0.05) is 12.0 Å². The lowest BCUT2D eigenvalue weighted by atomic mass is 10.0. The number of benzene rings is 1. The zero-order valence-electron chi connectivity index (χ0n) is 16.8. The molecule has 0 saturated carbocycles. The zero-order valence-corrected chi connectivity index (χ0v) is 16.8. The molecular formula is C24H24F3NO2. The average molecular weight is 415 g/mol. The third kappa shape index (κ3) is 4.75.